The second-order valence-electron chi connectivity index (χ2n) is 6.58. The van der Waals surface area contributed by atoms with Gasteiger partial charge in [0.05, 0.1) is 25.1 Å². The summed E-state index contributed by atoms with van der Waals surface area (Å²) in [4.78, 5) is 15.0. The Balaban J connectivity index is 1.51. The normalized spacial score (nSPS) is 15.1. The highest BCUT2D eigenvalue weighted by atomic mass is 79.9. The molecule has 0 N–H and O–H groups in total. The van der Waals surface area contributed by atoms with E-state index in [4.69, 9.17) is 40.2 Å². The molecule has 3 aromatic rings. The summed E-state index contributed by atoms with van der Waals surface area (Å²) in [6.45, 7) is 0.473. The number of ether oxygens (including phenoxy) is 1. The molecule has 156 valence electrons. The van der Waals surface area contributed by atoms with E-state index in [0.717, 1.165) is 21.3 Å². The fourth-order valence-corrected chi connectivity index (χ4v) is 5.03. The third-order valence-electron chi connectivity index (χ3n) is 4.45. The minimum Gasteiger partial charge on any atom is -0.488 e. The van der Waals surface area contributed by atoms with Gasteiger partial charge in [-0.15, -0.1) is 0 Å². The number of anilines is 1. The number of hydrogen-bond donors (Lipinski definition) is 0. The van der Waals surface area contributed by atoms with E-state index in [1.807, 2.05) is 54.6 Å². The maximum Gasteiger partial charge on any atom is 0.270 e. The maximum absolute atomic E-state index is 13.0. The molecular weight excluding hydrogens is 537 g/mol. The van der Waals surface area contributed by atoms with E-state index in [0.29, 0.717) is 31.6 Å². The minimum atomic E-state index is -0.200. The zero-order valence-electron chi connectivity index (χ0n) is 15.8. The first-order valence-corrected chi connectivity index (χ1v) is 11.9. The Bertz CT molecular complexity index is 1200. The molecule has 0 bridgehead atoms. The number of amides is 1. The number of carbonyl (C=O) groups excluding carboxylic acids is 1. The number of hydrogen-bond acceptors (Lipinski definition) is 4. The van der Waals surface area contributed by atoms with E-state index >= 15 is 0 Å². The average Bonchev–Trinajstić information content (AvgIpc) is 3.03. The lowest BCUT2D eigenvalue weighted by molar-refractivity contribution is -0.113. The monoisotopic (exact) mass is 549 g/mol. The summed E-state index contributed by atoms with van der Waals surface area (Å²) in [5.41, 5.74) is 2.53. The molecule has 0 aromatic heterocycles. The van der Waals surface area contributed by atoms with E-state index in [-0.39, 0.29) is 5.91 Å². The van der Waals surface area contributed by atoms with Crippen molar-refractivity contribution < 1.29 is 9.53 Å². The van der Waals surface area contributed by atoms with Crippen molar-refractivity contribution in [1.29, 1.82) is 0 Å². The lowest BCUT2D eigenvalue weighted by Gasteiger charge is -2.15. The fraction of sp³-hybridized carbons (Fsp3) is 0.0435. The van der Waals surface area contributed by atoms with Gasteiger partial charge in [0.2, 0.25) is 0 Å². The van der Waals surface area contributed by atoms with Crippen LogP contribution in [0.1, 0.15) is 11.1 Å². The number of nitrogens with zero attached hydrogens (tertiary/aromatic N) is 1. The van der Waals surface area contributed by atoms with Gasteiger partial charge in [-0.25, -0.2) is 0 Å². The molecule has 0 radical (unpaired) electrons. The predicted molar refractivity (Wildman–Crippen MR) is 137 cm³/mol. The van der Waals surface area contributed by atoms with Crippen molar-refractivity contribution in [2.24, 2.45) is 0 Å². The highest BCUT2D eigenvalue weighted by Gasteiger charge is 2.33. The zero-order chi connectivity index (χ0) is 22.0. The van der Waals surface area contributed by atoms with Crippen molar-refractivity contribution >= 4 is 85.1 Å². The number of thiocarbonyl (C=S) groups is 1. The summed E-state index contributed by atoms with van der Waals surface area (Å²) >= 11 is 22.3. The van der Waals surface area contributed by atoms with Crippen LogP contribution in [0.5, 0.6) is 5.75 Å². The van der Waals surface area contributed by atoms with Gasteiger partial charge in [-0.1, -0.05) is 83.6 Å². The Labute approximate surface area is 208 Å². The lowest BCUT2D eigenvalue weighted by Crippen LogP contribution is -2.27. The van der Waals surface area contributed by atoms with Gasteiger partial charge >= 0.3 is 0 Å². The maximum atomic E-state index is 13.0. The highest BCUT2D eigenvalue weighted by molar-refractivity contribution is 9.10. The van der Waals surface area contributed by atoms with Crippen molar-refractivity contribution in [2.75, 3.05) is 4.90 Å². The van der Waals surface area contributed by atoms with Crippen molar-refractivity contribution in [2.45, 2.75) is 6.61 Å². The van der Waals surface area contributed by atoms with Crippen LogP contribution in [0.2, 0.25) is 10.0 Å². The average molecular weight is 551 g/mol. The van der Waals surface area contributed by atoms with Crippen LogP contribution in [0, 0.1) is 0 Å². The summed E-state index contributed by atoms with van der Waals surface area (Å²) in [6.07, 6.45) is 1.81. The molecule has 1 aliphatic heterocycles. The summed E-state index contributed by atoms with van der Waals surface area (Å²) in [5.74, 6) is 0.526. The van der Waals surface area contributed by atoms with Crippen LogP contribution in [-0.2, 0) is 11.4 Å². The zero-order valence-corrected chi connectivity index (χ0v) is 20.6. The Kier molecular flexibility index (Phi) is 7.04. The molecule has 1 aliphatic rings. The molecule has 3 aromatic carbocycles. The summed E-state index contributed by atoms with van der Waals surface area (Å²) in [5, 5.41) is 0.790. The van der Waals surface area contributed by atoms with E-state index < -0.39 is 0 Å². The standard InChI is InChI=1S/C23H14BrCl2NO2S2/c24-17-10-15(6-9-20(17)29-13-14-4-2-1-3-5-14)11-21-22(28)27(23(30)31-21)16-7-8-18(25)19(26)12-16/h1-12H,13H2/b21-11-. The first-order valence-electron chi connectivity index (χ1n) is 9.11. The van der Waals surface area contributed by atoms with Crippen LogP contribution >= 0.6 is 63.1 Å². The fourth-order valence-electron chi connectivity index (χ4n) is 2.93. The summed E-state index contributed by atoms with van der Waals surface area (Å²) in [7, 11) is 0. The molecule has 3 nitrogen and oxygen atoms in total. The van der Waals surface area contributed by atoms with Crippen molar-refractivity contribution in [3.05, 3.63) is 97.3 Å². The molecule has 0 aliphatic carbocycles. The number of halogens is 3. The van der Waals surface area contributed by atoms with Crippen LogP contribution in [0.3, 0.4) is 0 Å². The van der Waals surface area contributed by atoms with E-state index in [2.05, 4.69) is 15.9 Å². The van der Waals surface area contributed by atoms with Crippen LogP contribution in [-0.4, -0.2) is 10.2 Å². The van der Waals surface area contributed by atoms with Gasteiger partial charge < -0.3 is 4.74 Å². The quantitative estimate of drug-likeness (QED) is 0.240. The third kappa shape index (κ3) is 5.16. The van der Waals surface area contributed by atoms with E-state index in [9.17, 15) is 4.79 Å². The molecule has 0 saturated carbocycles. The van der Waals surface area contributed by atoms with Crippen LogP contribution in [0.25, 0.3) is 6.08 Å². The van der Waals surface area contributed by atoms with Gasteiger partial charge in [-0.3, -0.25) is 9.69 Å². The Morgan fingerprint density at radius 1 is 1.03 bits per heavy atom. The summed E-state index contributed by atoms with van der Waals surface area (Å²) < 4.78 is 7.13. The predicted octanol–water partition coefficient (Wildman–Crippen LogP) is 7.74. The van der Waals surface area contributed by atoms with E-state index in [1.165, 1.54) is 16.7 Å². The second kappa shape index (κ2) is 9.76. The Morgan fingerprint density at radius 3 is 2.52 bits per heavy atom. The lowest BCUT2D eigenvalue weighted by atomic mass is 10.2. The van der Waals surface area contributed by atoms with Crippen LogP contribution in [0.4, 0.5) is 5.69 Å². The van der Waals surface area contributed by atoms with Gasteiger partial charge in [0.15, 0.2) is 4.32 Å². The highest BCUT2D eigenvalue weighted by Crippen LogP contribution is 2.38. The molecule has 1 amide bonds. The molecule has 31 heavy (non-hydrogen) atoms. The topological polar surface area (TPSA) is 29.5 Å². The van der Waals surface area contributed by atoms with Crippen molar-refractivity contribution in [3.63, 3.8) is 0 Å². The first kappa shape index (κ1) is 22.4. The molecule has 8 heteroatoms. The molecule has 1 fully saturated rings. The molecule has 1 heterocycles. The van der Waals surface area contributed by atoms with Crippen LogP contribution < -0.4 is 9.64 Å². The second-order valence-corrected chi connectivity index (χ2v) is 9.92. The number of rotatable bonds is 5. The number of carbonyl (C=O) groups is 1. The van der Waals surface area contributed by atoms with E-state index in [1.54, 1.807) is 18.2 Å². The van der Waals surface area contributed by atoms with Gasteiger partial charge in [0, 0.05) is 0 Å². The number of benzene rings is 3. The third-order valence-corrected chi connectivity index (χ3v) is 7.11. The SMILES string of the molecule is O=C1/C(=C/c2ccc(OCc3ccccc3)c(Br)c2)SC(=S)N1c1ccc(Cl)c(Cl)c1. The van der Waals surface area contributed by atoms with Gasteiger partial charge in [0.25, 0.3) is 5.91 Å². The molecule has 1 saturated heterocycles. The molecule has 0 atom stereocenters. The molecule has 0 spiro atoms. The van der Waals surface area contributed by atoms with Crippen molar-refractivity contribution in [1.82, 2.24) is 0 Å². The molecule has 4 rings (SSSR count). The van der Waals surface area contributed by atoms with Gasteiger partial charge in [0.1, 0.15) is 12.4 Å². The Morgan fingerprint density at radius 2 is 1.81 bits per heavy atom. The van der Waals surface area contributed by atoms with Gasteiger partial charge in [-0.2, -0.15) is 0 Å². The van der Waals surface area contributed by atoms with Gasteiger partial charge in [-0.05, 0) is 63.5 Å². The molecular formula is C23H14BrCl2NO2S2. The van der Waals surface area contributed by atoms with Crippen molar-refractivity contribution in [3.8, 4) is 5.75 Å². The first-order chi connectivity index (χ1) is 14.9. The summed E-state index contributed by atoms with van der Waals surface area (Å²) in [6, 6.07) is 20.6. The molecule has 0 unspecified atom stereocenters. The Hall–Kier alpha value is -1.83. The van der Waals surface area contributed by atoms with Crippen LogP contribution in [0.15, 0.2) is 76.1 Å². The largest absolute Gasteiger partial charge is 0.488 e. The number of thioether (sulfide) groups is 1. The minimum absolute atomic E-state index is 0.200. The smallest absolute Gasteiger partial charge is 0.270 e.